The number of guanidine groups is 1. The van der Waals surface area contributed by atoms with Crippen LogP contribution < -0.4 is 10.2 Å². The Balaban J connectivity index is 0.00000320. The molecule has 3 heterocycles. The van der Waals surface area contributed by atoms with Crippen LogP contribution in [0, 0.1) is 0 Å². The highest BCUT2D eigenvalue weighted by Gasteiger charge is 2.41. The quantitative estimate of drug-likeness (QED) is 0.345. The number of sulfone groups is 1. The van der Waals surface area contributed by atoms with Gasteiger partial charge in [-0.1, -0.05) is 6.07 Å². The first-order chi connectivity index (χ1) is 13.7. The third kappa shape index (κ3) is 5.76. The van der Waals surface area contributed by atoms with E-state index in [4.69, 9.17) is 4.99 Å². The minimum Gasteiger partial charge on any atom is -0.357 e. The second-order valence-electron chi connectivity index (χ2n) is 8.45. The zero-order valence-corrected chi connectivity index (χ0v) is 21.6. The van der Waals surface area contributed by atoms with Crippen LogP contribution in [-0.4, -0.2) is 92.5 Å². The van der Waals surface area contributed by atoms with Gasteiger partial charge in [0.1, 0.15) is 5.82 Å². The van der Waals surface area contributed by atoms with Gasteiger partial charge in [-0.3, -0.25) is 0 Å². The fourth-order valence-electron chi connectivity index (χ4n) is 3.77. The molecule has 10 heteroatoms. The molecule has 1 N–H and O–H groups in total. The third-order valence-corrected chi connectivity index (χ3v) is 8.28. The molecule has 3 rings (SSSR count). The van der Waals surface area contributed by atoms with Crippen LogP contribution in [0.5, 0.6) is 0 Å². The van der Waals surface area contributed by atoms with Crippen LogP contribution in [0.2, 0.25) is 0 Å². The van der Waals surface area contributed by atoms with Gasteiger partial charge >= 0.3 is 0 Å². The standard InChI is InChI=1S/C20H34N6O2S.HI/c1-5-21-19(26-13-14-29(27,28)20(2,3)16-26)23-15-17-7-6-8-22-18(17)25-11-9-24(4)10-12-25;/h6-8H,5,9-16H2,1-4H3,(H,21,23);1H. The van der Waals surface area contributed by atoms with E-state index in [0.717, 1.165) is 50.1 Å². The molecule has 1 aromatic heterocycles. The first-order valence-electron chi connectivity index (χ1n) is 10.4. The highest BCUT2D eigenvalue weighted by Crippen LogP contribution is 2.24. The first-order valence-corrected chi connectivity index (χ1v) is 12.0. The predicted molar refractivity (Wildman–Crippen MR) is 134 cm³/mol. The number of nitrogens with zero attached hydrogens (tertiary/aromatic N) is 5. The Morgan fingerprint density at radius 1 is 1.23 bits per heavy atom. The molecule has 0 amide bonds. The Labute approximate surface area is 198 Å². The Morgan fingerprint density at radius 3 is 2.57 bits per heavy atom. The molecule has 0 aromatic carbocycles. The number of rotatable bonds is 4. The monoisotopic (exact) mass is 550 g/mol. The lowest BCUT2D eigenvalue weighted by Gasteiger charge is -2.39. The van der Waals surface area contributed by atoms with Crippen molar-refractivity contribution in [2.75, 3.05) is 63.5 Å². The summed E-state index contributed by atoms with van der Waals surface area (Å²) < 4.78 is 23.9. The minimum atomic E-state index is -3.08. The summed E-state index contributed by atoms with van der Waals surface area (Å²) in [5.74, 6) is 1.93. The van der Waals surface area contributed by atoms with Gasteiger partial charge in [0, 0.05) is 57.6 Å². The molecule has 0 spiro atoms. The Bertz CT molecular complexity index is 837. The zero-order chi connectivity index (χ0) is 21.1. The van der Waals surface area contributed by atoms with Gasteiger partial charge in [0.15, 0.2) is 15.8 Å². The molecule has 0 saturated carbocycles. The molecule has 0 bridgehead atoms. The van der Waals surface area contributed by atoms with E-state index in [1.165, 1.54) is 0 Å². The molecule has 0 radical (unpaired) electrons. The van der Waals surface area contributed by atoms with Crippen LogP contribution in [0.25, 0.3) is 0 Å². The lowest BCUT2D eigenvalue weighted by Crippen LogP contribution is -2.57. The van der Waals surface area contributed by atoms with Gasteiger partial charge in [0.2, 0.25) is 0 Å². The Morgan fingerprint density at radius 2 is 1.93 bits per heavy atom. The summed E-state index contributed by atoms with van der Waals surface area (Å²) >= 11 is 0. The van der Waals surface area contributed by atoms with E-state index in [1.807, 2.05) is 19.2 Å². The number of hydrogen-bond donors (Lipinski definition) is 1. The van der Waals surface area contributed by atoms with Gasteiger partial charge in [0.25, 0.3) is 0 Å². The number of aliphatic imine (C=N–C) groups is 1. The molecule has 170 valence electrons. The second-order valence-corrected chi connectivity index (χ2v) is 11.2. The number of nitrogens with one attached hydrogen (secondary N) is 1. The number of halogens is 1. The number of piperazine rings is 1. The normalized spacial score (nSPS) is 21.8. The summed E-state index contributed by atoms with van der Waals surface area (Å²) in [4.78, 5) is 16.2. The molecule has 2 fully saturated rings. The van der Waals surface area contributed by atoms with Crippen LogP contribution in [-0.2, 0) is 16.4 Å². The molecule has 2 saturated heterocycles. The summed E-state index contributed by atoms with van der Waals surface area (Å²) in [6.07, 6.45) is 1.84. The molecule has 0 unspecified atom stereocenters. The average Bonchev–Trinajstić information content (AvgIpc) is 2.68. The molecule has 0 atom stereocenters. The van der Waals surface area contributed by atoms with E-state index in [0.29, 0.717) is 19.6 Å². The second kappa shape index (κ2) is 10.4. The number of hydrogen-bond acceptors (Lipinski definition) is 6. The summed E-state index contributed by atoms with van der Waals surface area (Å²) in [5, 5.41) is 3.33. The predicted octanol–water partition coefficient (Wildman–Crippen LogP) is 1.43. The maximum Gasteiger partial charge on any atom is 0.194 e. The number of anilines is 1. The van der Waals surface area contributed by atoms with Crippen molar-refractivity contribution in [3.63, 3.8) is 0 Å². The maximum atomic E-state index is 12.3. The minimum absolute atomic E-state index is 0. The number of pyridine rings is 1. The summed E-state index contributed by atoms with van der Waals surface area (Å²) in [5.41, 5.74) is 1.09. The fraction of sp³-hybridized carbons (Fsp3) is 0.700. The molecule has 2 aliphatic heterocycles. The highest BCUT2D eigenvalue weighted by molar-refractivity contribution is 14.0. The molecule has 8 nitrogen and oxygen atoms in total. The Kier molecular flexibility index (Phi) is 8.75. The van der Waals surface area contributed by atoms with Crippen LogP contribution in [0.1, 0.15) is 26.3 Å². The SMILES string of the molecule is CCNC(=NCc1cccnc1N1CCN(C)CC1)N1CCS(=O)(=O)C(C)(C)C1.I. The largest absolute Gasteiger partial charge is 0.357 e. The molecule has 30 heavy (non-hydrogen) atoms. The van der Waals surface area contributed by atoms with Crippen molar-refractivity contribution < 1.29 is 8.42 Å². The number of aromatic nitrogens is 1. The van der Waals surface area contributed by atoms with Crippen LogP contribution in [0.15, 0.2) is 23.3 Å². The van der Waals surface area contributed by atoms with E-state index in [9.17, 15) is 8.42 Å². The number of likely N-dealkylation sites (N-methyl/N-ethyl adjacent to an activating group) is 1. The molecule has 1 aromatic rings. The molecular formula is C20H35IN6O2S. The van der Waals surface area contributed by atoms with Gasteiger partial charge in [-0.15, -0.1) is 24.0 Å². The lowest BCUT2D eigenvalue weighted by atomic mass is 10.2. The van der Waals surface area contributed by atoms with Crippen molar-refractivity contribution in [3.05, 3.63) is 23.9 Å². The van der Waals surface area contributed by atoms with E-state index < -0.39 is 14.6 Å². The van der Waals surface area contributed by atoms with E-state index in [-0.39, 0.29) is 29.7 Å². The molecule has 0 aliphatic carbocycles. The van der Waals surface area contributed by atoms with Gasteiger partial charge in [-0.05, 0) is 33.9 Å². The smallest absolute Gasteiger partial charge is 0.194 e. The summed E-state index contributed by atoms with van der Waals surface area (Å²) in [6, 6.07) is 4.03. The van der Waals surface area contributed by atoms with E-state index >= 15 is 0 Å². The van der Waals surface area contributed by atoms with Crippen LogP contribution in [0.3, 0.4) is 0 Å². The van der Waals surface area contributed by atoms with Crippen LogP contribution in [0.4, 0.5) is 5.82 Å². The summed E-state index contributed by atoms with van der Waals surface area (Å²) in [6.45, 7) is 11.8. The van der Waals surface area contributed by atoms with Crippen molar-refractivity contribution >= 4 is 45.6 Å². The third-order valence-electron chi connectivity index (χ3n) is 5.75. The summed E-state index contributed by atoms with van der Waals surface area (Å²) in [7, 11) is -0.937. The van der Waals surface area contributed by atoms with Crippen molar-refractivity contribution in [3.8, 4) is 0 Å². The Hall–Kier alpha value is -1.14. The van der Waals surface area contributed by atoms with Crippen LogP contribution >= 0.6 is 24.0 Å². The fourth-order valence-corrected chi connectivity index (χ4v) is 5.13. The maximum absolute atomic E-state index is 12.3. The molecular weight excluding hydrogens is 515 g/mol. The first kappa shape index (κ1) is 25.1. The van der Waals surface area contributed by atoms with Gasteiger partial charge in [-0.2, -0.15) is 0 Å². The van der Waals surface area contributed by atoms with E-state index in [1.54, 1.807) is 13.8 Å². The van der Waals surface area contributed by atoms with Crippen molar-refractivity contribution in [1.82, 2.24) is 20.1 Å². The lowest BCUT2D eigenvalue weighted by molar-refractivity contribution is 0.312. The van der Waals surface area contributed by atoms with Gasteiger partial charge in [0.05, 0.1) is 17.0 Å². The van der Waals surface area contributed by atoms with Crippen molar-refractivity contribution in [2.45, 2.75) is 32.1 Å². The topological polar surface area (TPSA) is 81.1 Å². The van der Waals surface area contributed by atoms with Gasteiger partial charge in [-0.25, -0.2) is 18.4 Å². The molecule has 2 aliphatic rings. The zero-order valence-electron chi connectivity index (χ0n) is 18.5. The highest BCUT2D eigenvalue weighted by atomic mass is 127. The average molecular weight is 551 g/mol. The van der Waals surface area contributed by atoms with Crippen molar-refractivity contribution in [1.29, 1.82) is 0 Å². The van der Waals surface area contributed by atoms with Gasteiger partial charge < -0.3 is 20.0 Å². The van der Waals surface area contributed by atoms with Crippen molar-refractivity contribution in [2.24, 2.45) is 4.99 Å². The van der Waals surface area contributed by atoms with E-state index in [2.05, 4.69) is 38.1 Å².